The molecule has 1 amide bonds. The van der Waals surface area contributed by atoms with Gasteiger partial charge in [0.05, 0.1) is 18.4 Å². The van der Waals surface area contributed by atoms with Gasteiger partial charge in [0, 0.05) is 28.5 Å². The third kappa shape index (κ3) is 3.35. The maximum atomic E-state index is 14.8. The van der Waals surface area contributed by atoms with Crippen LogP contribution in [0.3, 0.4) is 0 Å². The zero-order valence-electron chi connectivity index (χ0n) is 18.9. The number of nitrogens with zero attached hydrogens (tertiary/aromatic N) is 1. The Kier molecular flexibility index (Phi) is 5.19. The molecule has 0 N–H and O–H groups in total. The van der Waals surface area contributed by atoms with Crippen LogP contribution in [0.2, 0.25) is 0 Å². The Labute approximate surface area is 183 Å². The van der Waals surface area contributed by atoms with E-state index in [1.54, 1.807) is 12.1 Å². The SMILES string of the molecule is COc1ccc(C(=O)c2cccc3c2N(C(=O)C(C)(C)C)C2CCCCC32C)c(F)c1. The van der Waals surface area contributed by atoms with Gasteiger partial charge < -0.3 is 9.64 Å². The van der Waals surface area contributed by atoms with Crippen LogP contribution in [-0.4, -0.2) is 24.8 Å². The highest BCUT2D eigenvalue weighted by Crippen LogP contribution is 2.54. The molecular weight excluding hydrogens is 393 g/mol. The van der Waals surface area contributed by atoms with Crippen LogP contribution in [0.5, 0.6) is 5.75 Å². The largest absolute Gasteiger partial charge is 0.497 e. The molecular formula is C26H30FNO3. The molecule has 2 aliphatic rings. The first-order valence-electron chi connectivity index (χ1n) is 10.9. The van der Waals surface area contributed by atoms with E-state index in [2.05, 4.69) is 6.92 Å². The zero-order chi connectivity index (χ0) is 22.6. The molecule has 1 saturated carbocycles. The van der Waals surface area contributed by atoms with Crippen molar-refractivity contribution < 1.29 is 18.7 Å². The molecule has 4 nitrogen and oxygen atoms in total. The van der Waals surface area contributed by atoms with E-state index in [1.807, 2.05) is 37.8 Å². The topological polar surface area (TPSA) is 46.6 Å². The van der Waals surface area contributed by atoms with Crippen LogP contribution < -0.4 is 9.64 Å². The van der Waals surface area contributed by atoms with Crippen LogP contribution in [0.1, 0.15) is 74.9 Å². The molecule has 164 valence electrons. The summed E-state index contributed by atoms with van der Waals surface area (Å²) in [7, 11) is 1.46. The predicted octanol–water partition coefficient (Wildman–Crippen LogP) is 5.66. The van der Waals surface area contributed by atoms with Crippen molar-refractivity contribution >= 4 is 17.4 Å². The normalized spacial score (nSPS) is 22.6. The van der Waals surface area contributed by atoms with Crippen molar-refractivity contribution in [1.82, 2.24) is 0 Å². The van der Waals surface area contributed by atoms with Gasteiger partial charge in [0.2, 0.25) is 5.91 Å². The summed E-state index contributed by atoms with van der Waals surface area (Å²) in [5.41, 5.74) is 1.25. The number of anilines is 1. The van der Waals surface area contributed by atoms with E-state index in [1.165, 1.54) is 19.2 Å². The molecule has 0 saturated heterocycles. The molecule has 0 bridgehead atoms. The van der Waals surface area contributed by atoms with Gasteiger partial charge in [-0.3, -0.25) is 9.59 Å². The van der Waals surface area contributed by atoms with Crippen molar-refractivity contribution in [2.45, 2.75) is 64.8 Å². The Hall–Kier alpha value is -2.69. The van der Waals surface area contributed by atoms with Crippen LogP contribution in [0.15, 0.2) is 36.4 Å². The molecule has 0 aromatic heterocycles. The number of rotatable bonds is 3. The van der Waals surface area contributed by atoms with Crippen LogP contribution in [0, 0.1) is 11.2 Å². The monoisotopic (exact) mass is 423 g/mol. The lowest BCUT2D eigenvalue weighted by Crippen LogP contribution is -2.51. The van der Waals surface area contributed by atoms with E-state index in [0.717, 1.165) is 31.2 Å². The number of benzene rings is 2. The second kappa shape index (κ2) is 7.47. The van der Waals surface area contributed by atoms with Gasteiger partial charge in [-0.2, -0.15) is 0 Å². The molecule has 4 rings (SSSR count). The zero-order valence-corrected chi connectivity index (χ0v) is 18.9. The Morgan fingerprint density at radius 3 is 2.52 bits per heavy atom. The second-order valence-electron chi connectivity index (χ2n) is 9.98. The van der Waals surface area contributed by atoms with E-state index in [4.69, 9.17) is 4.74 Å². The van der Waals surface area contributed by atoms with Crippen molar-refractivity contribution in [3.8, 4) is 5.75 Å². The highest BCUT2D eigenvalue weighted by molar-refractivity contribution is 6.16. The van der Waals surface area contributed by atoms with Crippen LogP contribution in [0.4, 0.5) is 10.1 Å². The highest BCUT2D eigenvalue weighted by atomic mass is 19.1. The van der Waals surface area contributed by atoms with Crippen molar-refractivity contribution in [2.24, 2.45) is 5.41 Å². The van der Waals surface area contributed by atoms with E-state index in [9.17, 15) is 14.0 Å². The lowest BCUT2D eigenvalue weighted by atomic mass is 9.69. The first-order chi connectivity index (χ1) is 14.6. The molecule has 1 heterocycles. The minimum Gasteiger partial charge on any atom is -0.497 e. The number of para-hydroxylation sites is 1. The number of hydrogen-bond acceptors (Lipinski definition) is 3. The number of methoxy groups -OCH3 is 1. The fourth-order valence-electron chi connectivity index (χ4n) is 5.20. The predicted molar refractivity (Wildman–Crippen MR) is 119 cm³/mol. The van der Waals surface area contributed by atoms with Crippen LogP contribution in [0.25, 0.3) is 0 Å². The average molecular weight is 424 g/mol. The van der Waals surface area contributed by atoms with Gasteiger partial charge >= 0.3 is 0 Å². The Morgan fingerprint density at radius 1 is 1.13 bits per heavy atom. The minimum absolute atomic E-state index is 0.000159. The number of amides is 1. The van der Waals surface area contributed by atoms with Gasteiger partial charge in [-0.15, -0.1) is 0 Å². The van der Waals surface area contributed by atoms with E-state index >= 15 is 0 Å². The lowest BCUT2D eigenvalue weighted by Gasteiger charge is -2.41. The van der Waals surface area contributed by atoms with Gasteiger partial charge in [-0.05, 0) is 36.6 Å². The standard InChI is InChI=1S/C26H30FNO3/c1-25(2,3)24(30)28-21-11-6-7-14-26(21,4)19-10-8-9-18(22(19)28)23(29)17-13-12-16(31-5)15-20(17)27/h8-10,12-13,15,21H,6-7,11,14H2,1-5H3. The van der Waals surface area contributed by atoms with E-state index in [-0.39, 0.29) is 22.9 Å². The summed E-state index contributed by atoms with van der Waals surface area (Å²) in [6.07, 6.45) is 4.01. The Bertz CT molecular complexity index is 1060. The third-order valence-electron chi connectivity index (χ3n) is 6.89. The number of carbonyl (C=O) groups is 2. The van der Waals surface area contributed by atoms with Gasteiger partial charge in [0.1, 0.15) is 11.6 Å². The first kappa shape index (κ1) is 21.5. The van der Waals surface area contributed by atoms with Gasteiger partial charge in [0.15, 0.2) is 5.78 Å². The Morgan fingerprint density at radius 2 is 1.87 bits per heavy atom. The van der Waals surface area contributed by atoms with Crippen LogP contribution in [-0.2, 0) is 10.2 Å². The molecule has 0 radical (unpaired) electrons. The van der Waals surface area contributed by atoms with Crippen molar-refractivity contribution in [1.29, 1.82) is 0 Å². The molecule has 2 atom stereocenters. The maximum absolute atomic E-state index is 14.8. The molecule has 2 aromatic carbocycles. The fraction of sp³-hybridized carbons (Fsp3) is 0.462. The fourth-order valence-corrected chi connectivity index (χ4v) is 5.20. The summed E-state index contributed by atoms with van der Waals surface area (Å²) >= 11 is 0. The van der Waals surface area contributed by atoms with Crippen LogP contribution >= 0.6 is 0 Å². The summed E-state index contributed by atoms with van der Waals surface area (Å²) in [5, 5.41) is 0. The molecule has 1 aliphatic carbocycles. The molecule has 1 aliphatic heterocycles. The van der Waals surface area contributed by atoms with E-state index < -0.39 is 17.0 Å². The lowest BCUT2D eigenvalue weighted by molar-refractivity contribution is -0.126. The summed E-state index contributed by atoms with van der Waals surface area (Å²) in [5.74, 6) is -0.682. The molecule has 31 heavy (non-hydrogen) atoms. The minimum atomic E-state index is -0.628. The van der Waals surface area contributed by atoms with Crippen molar-refractivity contribution in [3.05, 3.63) is 58.9 Å². The molecule has 0 spiro atoms. The number of halogens is 1. The third-order valence-corrected chi connectivity index (χ3v) is 6.89. The summed E-state index contributed by atoms with van der Waals surface area (Å²) in [4.78, 5) is 29.0. The van der Waals surface area contributed by atoms with Gasteiger partial charge in [-0.25, -0.2) is 4.39 Å². The molecule has 2 aromatic rings. The number of fused-ring (bicyclic) bond motifs is 3. The number of ether oxygens (including phenoxy) is 1. The smallest absolute Gasteiger partial charge is 0.232 e. The van der Waals surface area contributed by atoms with Gasteiger partial charge in [0.25, 0.3) is 0 Å². The number of carbonyl (C=O) groups excluding carboxylic acids is 2. The Balaban J connectivity index is 1.91. The highest BCUT2D eigenvalue weighted by Gasteiger charge is 2.53. The summed E-state index contributed by atoms with van der Waals surface area (Å²) in [6.45, 7) is 7.91. The molecule has 1 fully saturated rings. The number of hydrogen-bond donors (Lipinski definition) is 0. The quantitative estimate of drug-likeness (QED) is 0.599. The van der Waals surface area contributed by atoms with E-state index in [0.29, 0.717) is 17.0 Å². The van der Waals surface area contributed by atoms with Gasteiger partial charge in [-0.1, -0.05) is 52.7 Å². The van der Waals surface area contributed by atoms with Crippen molar-refractivity contribution in [2.75, 3.05) is 12.0 Å². The molecule has 5 heteroatoms. The average Bonchev–Trinajstić information content (AvgIpc) is 3.00. The summed E-state index contributed by atoms with van der Waals surface area (Å²) < 4.78 is 19.8. The number of ketones is 1. The summed E-state index contributed by atoms with van der Waals surface area (Å²) in [6, 6.07) is 9.87. The molecule has 2 unspecified atom stereocenters. The second-order valence-corrected chi connectivity index (χ2v) is 9.98. The first-order valence-corrected chi connectivity index (χ1v) is 10.9. The maximum Gasteiger partial charge on any atom is 0.232 e. The van der Waals surface area contributed by atoms with Crippen molar-refractivity contribution in [3.63, 3.8) is 0 Å².